The van der Waals surface area contributed by atoms with Gasteiger partial charge in [0.1, 0.15) is 0 Å². The van der Waals surface area contributed by atoms with Gasteiger partial charge in [-0.1, -0.05) is 6.92 Å². The molecule has 0 saturated carbocycles. The fraction of sp³-hybridized carbons (Fsp3) is 0.812. The molecule has 0 saturated heterocycles. The summed E-state index contributed by atoms with van der Waals surface area (Å²) in [5.41, 5.74) is 0. The molecule has 1 unspecified atom stereocenters. The second-order valence-electron chi connectivity index (χ2n) is 6.45. The van der Waals surface area contributed by atoms with Crippen molar-refractivity contribution < 1.29 is 52.1 Å². The van der Waals surface area contributed by atoms with Crippen LogP contribution in [0.2, 0.25) is 0 Å². The van der Waals surface area contributed by atoms with E-state index in [0.29, 0.717) is 0 Å². The Balaban J connectivity index is 4.70. The molecule has 11 nitrogen and oxygen atoms in total. The third kappa shape index (κ3) is 14.2. The molecule has 0 aliphatic carbocycles. The van der Waals surface area contributed by atoms with Crippen molar-refractivity contribution in [3.05, 3.63) is 0 Å². The Morgan fingerprint density at radius 3 is 1.64 bits per heavy atom. The SMILES string of the molecule is CC(CCC(=O)O)CP(=O)(OCOC(=O)OC(C)C)OCOC(=O)OC(C)C. The highest BCUT2D eigenvalue weighted by Crippen LogP contribution is 2.50. The Morgan fingerprint density at radius 2 is 1.29 bits per heavy atom. The third-order valence-corrected chi connectivity index (χ3v) is 4.97. The molecular formula is C16H29O11P. The molecular weight excluding hydrogens is 399 g/mol. The highest BCUT2D eigenvalue weighted by molar-refractivity contribution is 7.53. The lowest BCUT2D eigenvalue weighted by atomic mass is 10.1. The molecule has 0 bridgehead atoms. The van der Waals surface area contributed by atoms with E-state index in [1.807, 2.05) is 0 Å². The summed E-state index contributed by atoms with van der Waals surface area (Å²) in [5.74, 6) is -1.35. The average molecular weight is 428 g/mol. The van der Waals surface area contributed by atoms with Crippen LogP contribution in [-0.4, -0.2) is 55.3 Å². The van der Waals surface area contributed by atoms with Crippen LogP contribution in [0.1, 0.15) is 47.5 Å². The molecule has 0 aromatic carbocycles. The number of ether oxygens (including phenoxy) is 4. The quantitative estimate of drug-likeness (QED) is 0.260. The number of hydrogen-bond acceptors (Lipinski definition) is 10. The summed E-state index contributed by atoms with van der Waals surface area (Å²) in [6, 6.07) is 0. The van der Waals surface area contributed by atoms with Crippen molar-refractivity contribution in [2.75, 3.05) is 19.7 Å². The highest BCUT2D eigenvalue weighted by Gasteiger charge is 2.29. The van der Waals surface area contributed by atoms with Crippen LogP contribution in [0.4, 0.5) is 9.59 Å². The minimum Gasteiger partial charge on any atom is -0.481 e. The first-order chi connectivity index (χ1) is 12.9. The molecule has 0 aromatic rings. The van der Waals surface area contributed by atoms with Gasteiger partial charge < -0.3 is 24.1 Å². The number of hydrogen-bond donors (Lipinski definition) is 1. The van der Waals surface area contributed by atoms with Gasteiger partial charge in [0, 0.05) is 6.42 Å². The van der Waals surface area contributed by atoms with E-state index < -0.39 is 51.7 Å². The van der Waals surface area contributed by atoms with Gasteiger partial charge in [-0.2, -0.15) is 0 Å². The summed E-state index contributed by atoms with van der Waals surface area (Å²) in [6.45, 7) is 6.70. The van der Waals surface area contributed by atoms with Gasteiger partial charge >= 0.3 is 25.9 Å². The number of carboxylic acid groups (broad SMARTS) is 1. The van der Waals surface area contributed by atoms with E-state index in [0.717, 1.165) is 0 Å². The topological polar surface area (TPSA) is 144 Å². The summed E-state index contributed by atoms with van der Waals surface area (Å²) >= 11 is 0. The van der Waals surface area contributed by atoms with E-state index in [2.05, 4.69) is 9.47 Å². The van der Waals surface area contributed by atoms with Crippen LogP contribution in [0.25, 0.3) is 0 Å². The highest BCUT2D eigenvalue weighted by atomic mass is 31.2. The lowest BCUT2D eigenvalue weighted by molar-refractivity contribution is -0.137. The second kappa shape index (κ2) is 13.4. The number of carboxylic acids is 1. The molecule has 1 atom stereocenters. The first kappa shape index (κ1) is 26.2. The molecule has 164 valence electrons. The Kier molecular flexibility index (Phi) is 12.5. The van der Waals surface area contributed by atoms with E-state index in [9.17, 15) is 18.9 Å². The summed E-state index contributed by atoms with van der Waals surface area (Å²) in [6.07, 6.45) is -2.94. The van der Waals surface area contributed by atoms with Gasteiger partial charge in [0.25, 0.3) is 0 Å². The first-order valence-electron chi connectivity index (χ1n) is 8.70. The molecule has 0 heterocycles. The van der Waals surface area contributed by atoms with Gasteiger partial charge in [0.15, 0.2) is 0 Å². The maximum atomic E-state index is 12.8. The van der Waals surface area contributed by atoms with Crippen molar-refractivity contribution in [2.45, 2.75) is 59.7 Å². The van der Waals surface area contributed by atoms with Crippen molar-refractivity contribution in [3.63, 3.8) is 0 Å². The molecule has 0 rings (SSSR count). The first-order valence-corrected chi connectivity index (χ1v) is 10.4. The summed E-state index contributed by atoms with van der Waals surface area (Å²) in [5, 5.41) is 8.74. The van der Waals surface area contributed by atoms with Crippen LogP contribution in [0.15, 0.2) is 0 Å². The lowest BCUT2D eigenvalue weighted by Gasteiger charge is -2.21. The average Bonchev–Trinajstić information content (AvgIpc) is 2.51. The van der Waals surface area contributed by atoms with Gasteiger partial charge in [0.2, 0.25) is 13.6 Å². The van der Waals surface area contributed by atoms with Crippen LogP contribution >= 0.6 is 7.60 Å². The van der Waals surface area contributed by atoms with Gasteiger partial charge in [-0.15, -0.1) is 0 Å². The molecule has 1 N–H and O–H groups in total. The number of carbonyl (C=O) groups excluding carboxylic acids is 2. The van der Waals surface area contributed by atoms with Gasteiger partial charge in [-0.05, 0) is 40.0 Å². The number of carbonyl (C=O) groups is 3. The van der Waals surface area contributed by atoms with Crippen LogP contribution < -0.4 is 0 Å². The molecule has 0 aliphatic rings. The Hall–Kier alpha value is -1.84. The zero-order valence-electron chi connectivity index (χ0n) is 16.7. The smallest absolute Gasteiger partial charge is 0.481 e. The van der Waals surface area contributed by atoms with Crippen LogP contribution in [-0.2, 0) is 37.4 Å². The predicted octanol–water partition coefficient (Wildman–Crippen LogP) is 3.75. The van der Waals surface area contributed by atoms with Crippen LogP contribution in [0.3, 0.4) is 0 Å². The lowest BCUT2D eigenvalue weighted by Crippen LogP contribution is -2.18. The molecule has 0 fully saturated rings. The molecule has 12 heteroatoms. The fourth-order valence-electron chi connectivity index (χ4n) is 1.75. The summed E-state index contributed by atoms with van der Waals surface area (Å²) in [4.78, 5) is 33.3. The zero-order chi connectivity index (χ0) is 21.7. The summed E-state index contributed by atoms with van der Waals surface area (Å²) in [7, 11) is -3.87. The standard InChI is InChI=1S/C16H29O11P/c1-11(2)26-15(19)22-9-24-28(21,8-13(5)6-7-14(17)18)25-10-23-16(20)27-12(3)4/h11-13H,6-10H2,1-5H3,(H,17,18). The van der Waals surface area contributed by atoms with Crippen molar-refractivity contribution in [2.24, 2.45) is 5.92 Å². The summed E-state index contributed by atoms with van der Waals surface area (Å²) < 4.78 is 41.7. The van der Waals surface area contributed by atoms with E-state index in [-0.39, 0.29) is 24.9 Å². The minimum absolute atomic E-state index is 0.129. The zero-order valence-corrected chi connectivity index (χ0v) is 17.6. The second-order valence-corrected chi connectivity index (χ2v) is 8.55. The van der Waals surface area contributed by atoms with Gasteiger partial charge in [-0.25, -0.2) is 9.59 Å². The maximum absolute atomic E-state index is 12.8. The van der Waals surface area contributed by atoms with E-state index >= 15 is 0 Å². The largest absolute Gasteiger partial charge is 0.510 e. The van der Waals surface area contributed by atoms with Crippen LogP contribution in [0.5, 0.6) is 0 Å². The fourth-order valence-corrected chi connectivity index (χ4v) is 3.41. The Morgan fingerprint density at radius 1 is 0.857 bits per heavy atom. The minimum atomic E-state index is -3.87. The van der Waals surface area contributed by atoms with E-state index in [4.69, 9.17) is 23.6 Å². The van der Waals surface area contributed by atoms with Crippen molar-refractivity contribution in [1.29, 1.82) is 0 Å². The normalized spacial score (nSPS) is 12.5. The number of aliphatic carboxylic acids is 1. The van der Waals surface area contributed by atoms with Crippen molar-refractivity contribution >= 4 is 25.9 Å². The molecule has 0 amide bonds. The Labute approximate surface area is 164 Å². The van der Waals surface area contributed by atoms with E-state index in [1.165, 1.54) is 0 Å². The third-order valence-electron chi connectivity index (χ3n) is 2.90. The Bertz CT molecular complexity index is 515. The van der Waals surface area contributed by atoms with Crippen molar-refractivity contribution in [3.8, 4) is 0 Å². The van der Waals surface area contributed by atoms with Crippen LogP contribution in [0, 0.1) is 5.92 Å². The molecule has 0 aliphatic heterocycles. The van der Waals surface area contributed by atoms with E-state index in [1.54, 1.807) is 34.6 Å². The molecule has 28 heavy (non-hydrogen) atoms. The number of rotatable bonds is 13. The van der Waals surface area contributed by atoms with Gasteiger partial charge in [-0.3, -0.25) is 18.4 Å². The maximum Gasteiger partial charge on any atom is 0.510 e. The van der Waals surface area contributed by atoms with Gasteiger partial charge in [0.05, 0.1) is 18.4 Å². The monoisotopic (exact) mass is 428 g/mol. The van der Waals surface area contributed by atoms with Crippen molar-refractivity contribution in [1.82, 2.24) is 0 Å². The molecule has 0 aromatic heterocycles. The molecule has 0 radical (unpaired) electrons. The predicted molar refractivity (Wildman–Crippen MR) is 95.8 cm³/mol. The molecule has 0 spiro atoms.